The first kappa shape index (κ1) is 13.5. The molecule has 1 heterocycles. The summed E-state index contributed by atoms with van der Waals surface area (Å²) >= 11 is 0. The van der Waals surface area contributed by atoms with Gasteiger partial charge in [0.15, 0.2) is 0 Å². The van der Waals surface area contributed by atoms with E-state index < -0.39 is 5.97 Å². The van der Waals surface area contributed by atoms with Crippen LogP contribution in [0.4, 0.5) is 0 Å². The quantitative estimate of drug-likeness (QED) is 0.802. The van der Waals surface area contributed by atoms with Gasteiger partial charge in [-0.05, 0) is 44.2 Å². The molecule has 1 fully saturated rings. The van der Waals surface area contributed by atoms with Crippen LogP contribution in [0.2, 0.25) is 0 Å². The van der Waals surface area contributed by atoms with Gasteiger partial charge in [0.2, 0.25) is 0 Å². The van der Waals surface area contributed by atoms with Crippen molar-refractivity contribution < 1.29 is 9.90 Å². The SMILES string of the molecule is CC(C)(C)CCCN1CCCC(C(=O)O)C1. The van der Waals surface area contributed by atoms with Gasteiger partial charge in [-0.1, -0.05) is 20.8 Å². The first-order chi connectivity index (χ1) is 7.38. The Labute approximate surface area is 98.8 Å². The van der Waals surface area contributed by atoms with E-state index in [9.17, 15) is 4.79 Å². The number of rotatable bonds is 4. The van der Waals surface area contributed by atoms with Gasteiger partial charge in [0.25, 0.3) is 0 Å². The number of likely N-dealkylation sites (tertiary alicyclic amines) is 1. The molecule has 0 bridgehead atoms. The molecule has 1 aliphatic heterocycles. The van der Waals surface area contributed by atoms with Crippen molar-refractivity contribution in [1.29, 1.82) is 0 Å². The topological polar surface area (TPSA) is 40.5 Å². The molecule has 1 saturated heterocycles. The van der Waals surface area contributed by atoms with Crippen LogP contribution in [0.3, 0.4) is 0 Å². The zero-order chi connectivity index (χ0) is 12.2. The summed E-state index contributed by atoms with van der Waals surface area (Å²) in [5.41, 5.74) is 0.391. The molecular weight excluding hydrogens is 202 g/mol. The van der Waals surface area contributed by atoms with Gasteiger partial charge in [-0.25, -0.2) is 0 Å². The Kier molecular flexibility index (Phi) is 4.78. The fourth-order valence-electron chi connectivity index (χ4n) is 2.29. The van der Waals surface area contributed by atoms with Crippen LogP contribution in [-0.2, 0) is 4.79 Å². The monoisotopic (exact) mass is 227 g/mol. The molecule has 1 aliphatic rings. The molecule has 0 aromatic carbocycles. The third-order valence-electron chi connectivity index (χ3n) is 3.26. The predicted molar refractivity (Wildman–Crippen MR) is 65.5 cm³/mol. The van der Waals surface area contributed by atoms with Crippen molar-refractivity contribution in [2.45, 2.75) is 46.5 Å². The highest BCUT2D eigenvalue weighted by molar-refractivity contribution is 5.70. The van der Waals surface area contributed by atoms with E-state index in [0.717, 1.165) is 32.5 Å². The van der Waals surface area contributed by atoms with Crippen LogP contribution >= 0.6 is 0 Å². The number of hydrogen-bond acceptors (Lipinski definition) is 2. The molecule has 0 aromatic heterocycles. The summed E-state index contributed by atoms with van der Waals surface area (Å²) in [6, 6.07) is 0. The molecular formula is C13H25NO2. The van der Waals surface area contributed by atoms with E-state index in [1.807, 2.05) is 0 Å². The third kappa shape index (κ3) is 4.97. The first-order valence-electron chi connectivity index (χ1n) is 6.34. The minimum atomic E-state index is -0.625. The Hall–Kier alpha value is -0.570. The summed E-state index contributed by atoms with van der Waals surface area (Å²) in [7, 11) is 0. The van der Waals surface area contributed by atoms with Gasteiger partial charge in [-0.2, -0.15) is 0 Å². The summed E-state index contributed by atoms with van der Waals surface area (Å²) in [6.07, 6.45) is 4.27. The van der Waals surface area contributed by atoms with Crippen molar-refractivity contribution in [2.75, 3.05) is 19.6 Å². The van der Waals surface area contributed by atoms with E-state index in [1.165, 1.54) is 12.8 Å². The number of carboxylic acid groups (broad SMARTS) is 1. The number of carboxylic acids is 1. The molecule has 1 N–H and O–H groups in total. The van der Waals surface area contributed by atoms with E-state index in [0.29, 0.717) is 5.41 Å². The lowest BCUT2D eigenvalue weighted by molar-refractivity contribution is -0.143. The maximum atomic E-state index is 10.9. The van der Waals surface area contributed by atoms with Gasteiger partial charge in [-0.15, -0.1) is 0 Å². The summed E-state index contributed by atoms with van der Waals surface area (Å²) in [6.45, 7) is 9.64. The largest absolute Gasteiger partial charge is 0.481 e. The van der Waals surface area contributed by atoms with Crippen molar-refractivity contribution in [3.8, 4) is 0 Å². The molecule has 0 radical (unpaired) electrons. The van der Waals surface area contributed by atoms with E-state index in [4.69, 9.17) is 5.11 Å². The molecule has 0 spiro atoms. The minimum absolute atomic E-state index is 0.136. The van der Waals surface area contributed by atoms with Gasteiger partial charge >= 0.3 is 5.97 Å². The molecule has 0 saturated carbocycles. The van der Waals surface area contributed by atoms with Crippen LogP contribution in [0.5, 0.6) is 0 Å². The van der Waals surface area contributed by atoms with E-state index in [2.05, 4.69) is 25.7 Å². The second kappa shape index (κ2) is 5.67. The molecule has 0 aromatic rings. The second-order valence-electron chi connectivity index (χ2n) is 6.14. The minimum Gasteiger partial charge on any atom is -0.481 e. The average Bonchev–Trinajstić information content (AvgIpc) is 2.16. The van der Waals surface area contributed by atoms with Crippen LogP contribution < -0.4 is 0 Å². The number of aliphatic carboxylic acids is 1. The number of piperidine rings is 1. The van der Waals surface area contributed by atoms with Gasteiger partial charge in [-0.3, -0.25) is 4.79 Å². The highest BCUT2D eigenvalue weighted by Crippen LogP contribution is 2.22. The lowest BCUT2D eigenvalue weighted by Crippen LogP contribution is -2.39. The smallest absolute Gasteiger partial charge is 0.307 e. The lowest BCUT2D eigenvalue weighted by atomic mass is 9.90. The van der Waals surface area contributed by atoms with Gasteiger partial charge in [0, 0.05) is 6.54 Å². The van der Waals surface area contributed by atoms with Crippen LogP contribution in [-0.4, -0.2) is 35.6 Å². The maximum Gasteiger partial charge on any atom is 0.307 e. The van der Waals surface area contributed by atoms with Crippen LogP contribution in [0.25, 0.3) is 0 Å². The van der Waals surface area contributed by atoms with Crippen molar-refractivity contribution in [2.24, 2.45) is 11.3 Å². The van der Waals surface area contributed by atoms with E-state index in [-0.39, 0.29) is 5.92 Å². The lowest BCUT2D eigenvalue weighted by Gasteiger charge is -2.31. The Morgan fingerprint density at radius 3 is 2.69 bits per heavy atom. The van der Waals surface area contributed by atoms with Gasteiger partial charge in [0.05, 0.1) is 5.92 Å². The number of hydrogen-bond donors (Lipinski definition) is 1. The Balaban J connectivity index is 2.24. The number of nitrogens with zero attached hydrogens (tertiary/aromatic N) is 1. The van der Waals surface area contributed by atoms with Crippen LogP contribution in [0.15, 0.2) is 0 Å². The summed E-state index contributed by atoms with van der Waals surface area (Å²) in [4.78, 5) is 13.2. The molecule has 0 aliphatic carbocycles. The highest BCUT2D eigenvalue weighted by Gasteiger charge is 2.25. The summed E-state index contributed by atoms with van der Waals surface area (Å²) in [5.74, 6) is -0.760. The van der Waals surface area contributed by atoms with Crippen molar-refractivity contribution in [3.63, 3.8) is 0 Å². The number of carbonyl (C=O) groups is 1. The second-order valence-corrected chi connectivity index (χ2v) is 6.14. The zero-order valence-corrected chi connectivity index (χ0v) is 10.8. The van der Waals surface area contributed by atoms with Crippen molar-refractivity contribution in [3.05, 3.63) is 0 Å². The molecule has 3 heteroatoms. The molecule has 1 unspecified atom stereocenters. The molecule has 1 atom stereocenters. The van der Waals surface area contributed by atoms with Gasteiger partial charge in [0.1, 0.15) is 0 Å². The standard InChI is InChI=1S/C13H25NO2/c1-13(2,3)7-5-9-14-8-4-6-11(10-14)12(15)16/h11H,4-10H2,1-3H3,(H,15,16). The predicted octanol–water partition coefficient (Wildman–Crippen LogP) is 2.61. The zero-order valence-electron chi connectivity index (χ0n) is 10.8. The fourth-order valence-corrected chi connectivity index (χ4v) is 2.29. The fraction of sp³-hybridized carbons (Fsp3) is 0.923. The molecule has 16 heavy (non-hydrogen) atoms. The average molecular weight is 227 g/mol. The molecule has 3 nitrogen and oxygen atoms in total. The Morgan fingerprint density at radius 2 is 2.12 bits per heavy atom. The normalized spacial score (nSPS) is 23.3. The van der Waals surface area contributed by atoms with E-state index >= 15 is 0 Å². The molecule has 1 rings (SSSR count). The maximum absolute atomic E-state index is 10.9. The van der Waals surface area contributed by atoms with Crippen LogP contribution in [0, 0.1) is 11.3 Å². The van der Waals surface area contributed by atoms with Gasteiger partial charge < -0.3 is 10.0 Å². The summed E-state index contributed by atoms with van der Waals surface area (Å²) < 4.78 is 0. The third-order valence-corrected chi connectivity index (χ3v) is 3.26. The molecule has 94 valence electrons. The first-order valence-corrected chi connectivity index (χ1v) is 6.34. The Morgan fingerprint density at radius 1 is 1.44 bits per heavy atom. The van der Waals surface area contributed by atoms with Crippen molar-refractivity contribution >= 4 is 5.97 Å². The molecule has 0 amide bonds. The van der Waals surface area contributed by atoms with E-state index in [1.54, 1.807) is 0 Å². The highest BCUT2D eigenvalue weighted by atomic mass is 16.4. The summed E-state index contributed by atoms with van der Waals surface area (Å²) in [5, 5.41) is 8.98. The van der Waals surface area contributed by atoms with Crippen molar-refractivity contribution in [1.82, 2.24) is 4.90 Å². The van der Waals surface area contributed by atoms with Crippen LogP contribution in [0.1, 0.15) is 46.5 Å². The Bertz CT molecular complexity index is 233.